The highest BCUT2D eigenvalue weighted by atomic mass is 14.9. The van der Waals surface area contributed by atoms with Crippen LogP contribution in [0.1, 0.15) is 29.9 Å². The number of nitrogens with one attached hydrogen (secondary N) is 1. The Bertz CT molecular complexity index is 314. The number of aryl methyl sites for hydroxylation is 1. The minimum atomic E-state index is 0.708. The maximum absolute atomic E-state index is 5.91. The molecule has 1 aliphatic rings. The smallest absolute Gasteiger partial charge is 0.0346 e. The van der Waals surface area contributed by atoms with E-state index in [9.17, 15) is 0 Å². The number of rotatable bonds is 1. The van der Waals surface area contributed by atoms with Crippen molar-refractivity contribution >= 4 is 5.69 Å². The van der Waals surface area contributed by atoms with E-state index >= 15 is 0 Å². The summed E-state index contributed by atoms with van der Waals surface area (Å²) in [5, 5.41) is 3.38. The minimum Gasteiger partial charge on any atom is -0.399 e. The molecule has 0 aliphatic carbocycles. The molecule has 0 unspecified atom stereocenters. The summed E-state index contributed by atoms with van der Waals surface area (Å²) in [7, 11) is 0. The second kappa shape index (κ2) is 4.01. The number of hydrogen-bond donors (Lipinski definition) is 2. The van der Waals surface area contributed by atoms with Crippen LogP contribution in [-0.2, 0) is 0 Å². The first kappa shape index (κ1) is 9.53. The third kappa shape index (κ3) is 1.90. The topological polar surface area (TPSA) is 38.0 Å². The van der Waals surface area contributed by atoms with Gasteiger partial charge in [-0.3, -0.25) is 0 Å². The van der Waals surface area contributed by atoms with Gasteiger partial charge in [0.25, 0.3) is 0 Å². The normalized spacial score (nSPS) is 18.4. The number of benzene rings is 1. The van der Waals surface area contributed by atoms with Crippen LogP contribution in [0.5, 0.6) is 0 Å². The maximum atomic E-state index is 5.91. The van der Waals surface area contributed by atoms with Crippen LogP contribution in [0.2, 0.25) is 0 Å². The molecule has 0 saturated carbocycles. The molecule has 1 heterocycles. The highest BCUT2D eigenvalue weighted by Gasteiger charge is 2.15. The summed E-state index contributed by atoms with van der Waals surface area (Å²) in [6.45, 7) is 4.33. The quantitative estimate of drug-likeness (QED) is 0.665. The number of nitrogen functional groups attached to an aromatic ring is 1. The van der Waals surface area contributed by atoms with Crippen molar-refractivity contribution in [1.29, 1.82) is 0 Å². The van der Waals surface area contributed by atoms with Gasteiger partial charge in [-0.25, -0.2) is 0 Å². The van der Waals surface area contributed by atoms with Gasteiger partial charge >= 0.3 is 0 Å². The predicted octanol–water partition coefficient (Wildman–Crippen LogP) is 2.04. The van der Waals surface area contributed by atoms with Gasteiger partial charge in [-0.2, -0.15) is 0 Å². The Morgan fingerprint density at radius 3 is 2.64 bits per heavy atom. The Balaban J connectivity index is 2.18. The first-order valence-electron chi connectivity index (χ1n) is 5.34. The molecule has 0 amide bonds. The summed E-state index contributed by atoms with van der Waals surface area (Å²) < 4.78 is 0. The van der Waals surface area contributed by atoms with Crippen LogP contribution < -0.4 is 11.1 Å². The Hall–Kier alpha value is -1.02. The SMILES string of the molecule is Cc1ccc(C2CCNCC2)cc1N. The monoisotopic (exact) mass is 190 g/mol. The van der Waals surface area contributed by atoms with Gasteiger partial charge in [-0.1, -0.05) is 12.1 Å². The molecule has 14 heavy (non-hydrogen) atoms. The van der Waals surface area contributed by atoms with Crippen LogP contribution in [-0.4, -0.2) is 13.1 Å². The molecule has 0 radical (unpaired) electrons. The molecule has 0 atom stereocenters. The molecule has 1 aliphatic heterocycles. The molecule has 2 nitrogen and oxygen atoms in total. The Labute approximate surface area is 85.5 Å². The van der Waals surface area contributed by atoms with Gasteiger partial charge in [0.2, 0.25) is 0 Å². The van der Waals surface area contributed by atoms with Crippen LogP contribution in [0.25, 0.3) is 0 Å². The van der Waals surface area contributed by atoms with E-state index in [2.05, 4.69) is 30.4 Å². The fraction of sp³-hybridized carbons (Fsp3) is 0.500. The third-order valence-electron chi connectivity index (χ3n) is 3.11. The molecule has 76 valence electrons. The van der Waals surface area contributed by atoms with Crippen molar-refractivity contribution in [3.63, 3.8) is 0 Å². The predicted molar refractivity (Wildman–Crippen MR) is 60.4 cm³/mol. The number of piperidine rings is 1. The van der Waals surface area contributed by atoms with Gasteiger partial charge in [0, 0.05) is 5.69 Å². The highest BCUT2D eigenvalue weighted by Crippen LogP contribution is 2.27. The summed E-state index contributed by atoms with van der Waals surface area (Å²) in [4.78, 5) is 0. The molecule has 3 N–H and O–H groups in total. The number of anilines is 1. The number of nitrogens with two attached hydrogens (primary N) is 1. The first-order valence-corrected chi connectivity index (χ1v) is 5.34. The zero-order chi connectivity index (χ0) is 9.97. The van der Waals surface area contributed by atoms with E-state index in [0.29, 0.717) is 5.92 Å². The largest absolute Gasteiger partial charge is 0.399 e. The summed E-state index contributed by atoms with van der Waals surface area (Å²) in [6.07, 6.45) is 2.48. The zero-order valence-electron chi connectivity index (χ0n) is 8.72. The van der Waals surface area contributed by atoms with Crippen LogP contribution >= 0.6 is 0 Å². The van der Waals surface area contributed by atoms with Crippen LogP contribution in [0.15, 0.2) is 18.2 Å². The van der Waals surface area contributed by atoms with Crippen molar-refractivity contribution in [2.45, 2.75) is 25.7 Å². The summed E-state index contributed by atoms with van der Waals surface area (Å²) in [6, 6.07) is 6.50. The fourth-order valence-electron chi connectivity index (χ4n) is 2.07. The lowest BCUT2D eigenvalue weighted by atomic mass is 9.89. The van der Waals surface area contributed by atoms with E-state index in [1.165, 1.54) is 24.0 Å². The first-order chi connectivity index (χ1) is 6.77. The zero-order valence-corrected chi connectivity index (χ0v) is 8.72. The standard InChI is InChI=1S/C12H18N2/c1-9-2-3-11(8-12(9)13)10-4-6-14-7-5-10/h2-3,8,10,14H,4-7,13H2,1H3. The van der Waals surface area contributed by atoms with E-state index in [0.717, 1.165) is 18.8 Å². The van der Waals surface area contributed by atoms with Gasteiger partial charge in [0.1, 0.15) is 0 Å². The van der Waals surface area contributed by atoms with Crippen LogP contribution in [0.4, 0.5) is 5.69 Å². The molecule has 0 spiro atoms. The second-order valence-electron chi connectivity index (χ2n) is 4.14. The molecular formula is C12H18N2. The molecule has 1 aromatic carbocycles. The molecule has 0 bridgehead atoms. The van der Waals surface area contributed by atoms with Gasteiger partial charge in [-0.15, -0.1) is 0 Å². The summed E-state index contributed by atoms with van der Waals surface area (Å²) in [5.41, 5.74) is 9.44. The molecule has 1 fully saturated rings. The van der Waals surface area contributed by atoms with Gasteiger partial charge < -0.3 is 11.1 Å². The van der Waals surface area contributed by atoms with Gasteiger partial charge in [0.05, 0.1) is 0 Å². The van der Waals surface area contributed by atoms with E-state index in [1.54, 1.807) is 0 Å². The van der Waals surface area contributed by atoms with Crippen LogP contribution in [0.3, 0.4) is 0 Å². The van der Waals surface area contributed by atoms with Crippen molar-refractivity contribution in [3.05, 3.63) is 29.3 Å². The van der Waals surface area contributed by atoms with E-state index in [1.807, 2.05) is 0 Å². The van der Waals surface area contributed by atoms with Crippen molar-refractivity contribution < 1.29 is 0 Å². The van der Waals surface area contributed by atoms with E-state index < -0.39 is 0 Å². The van der Waals surface area contributed by atoms with Crippen molar-refractivity contribution in [2.24, 2.45) is 0 Å². The fourth-order valence-corrected chi connectivity index (χ4v) is 2.07. The molecule has 2 heteroatoms. The summed E-state index contributed by atoms with van der Waals surface area (Å²) in [5.74, 6) is 0.708. The molecule has 2 rings (SSSR count). The Morgan fingerprint density at radius 1 is 1.29 bits per heavy atom. The second-order valence-corrected chi connectivity index (χ2v) is 4.14. The van der Waals surface area contributed by atoms with Gasteiger partial charge in [-0.05, 0) is 56.0 Å². The molecule has 1 saturated heterocycles. The minimum absolute atomic E-state index is 0.708. The van der Waals surface area contributed by atoms with Crippen molar-refractivity contribution in [2.75, 3.05) is 18.8 Å². The average Bonchev–Trinajstić information content (AvgIpc) is 2.23. The third-order valence-corrected chi connectivity index (χ3v) is 3.11. The van der Waals surface area contributed by atoms with E-state index in [-0.39, 0.29) is 0 Å². The average molecular weight is 190 g/mol. The lowest BCUT2D eigenvalue weighted by molar-refractivity contribution is 0.460. The number of hydrogen-bond acceptors (Lipinski definition) is 2. The highest BCUT2D eigenvalue weighted by molar-refractivity contribution is 5.49. The maximum Gasteiger partial charge on any atom is 0.0346 e. The van der Waals surface area contributed by atoms with Crippen LogP contribution in [0, 0.1) is 6.92 Å². The molecule has 1 aromatic rings. The summed E-state index contributed by atoms with van der Waals surface area (Å²) >= 11 is 0. The van der Waals surface area contributed by atoms with Gasteiger partial charge in [0.15, 0.2) is 0 Å². The van der Waals surface area contributed by atoms with E-state index in [4.69, 9.17) is 5.73 Å². The lowest BCUT2D eigenvalue weighted by Gasteiger charge is -2.23. The van der Waals surface area contributed by atoms with Crippen molar-refractivity contribution in [3.8, 4) is 0 Å². The van der Waals surface area contributed by atoms with Crippen molar-refractivity contribution in [1.82, 2.24) is 5.32 Å². The molecular weight excluding hydrogens is 172 g/mol. The lowest BCUT2D eigenvalue weighted by Crippen LogP contribution is -2.26. The Kier molecular flexibility index (Phi) is 2.73. The Morgan fingerprint density at radius 2 is 2.00 bits per heavy atom. The molecule has 0 aromatic heterocycles.